The molecule has 3 rings (SSSR count). The number of rotatable bonds is 8. The first kappa shape index (κ1) is 20.7. The minimum absolute atomic E-state index is 0.284. The first-order valence-electron chi connectivity index (χ1n) is 8.78. The van der Waals surface area contributed by atoms with Gasteiger partial charge >= 0.3 is 0 Å². The van der Waals surface area contributed by atoms with Crippen LogP contribution in [0.25, 0.3) is 11.0 Å². The van der Waals surface area contributed by atoms with Crippen LogP contribution in [0.3, 0.4) is 0 Å². The minimum Gasteiger partial charge on any atom is -0.369 e. The number of hydrogen-bond donors (Lipinski definition) is 2. The first-order valence-corrected chi connectivity index (χ1v) is 10.8. The Bertz CT molecular complexity index is 994. The topological polar surface area (TPSA) is 84.7 Å². The molecule has 2 aromatic heterocycles. The molecule has 0 aliphatic carbocycles. The normalized spacial score (nSPS) is 11.0. The van der Waals surface area contributed by atoms with Crippen LogP contribution in [0.15, 0.2) is 29.6 Å². The number of carbonyl (C=O) groups excluding carboxylic acids is 1. The van der Waals surface area contributed by atoms with Crippen molar-refractivity contribution in [2.75, 3.05) is 24.7 Å². The van der Waals surface area contributed by atoms with Crippen molar-refractivity contribution in [2.24, 2.45) is 0 Å². The third-order valence-corrected chi connectivity index (χ3v) is 5.10. The van der Waals surface area contributed by atoms with E-state index in [0.29, 0.717) is 33.9 Å². The average molecular weight is 439 g/mol. The summed E-state index contributed by atoms with van der Waals surface area (Å²) in [4.78, 5) is 21.5. The largest absolute Gasteiger partial charge is 0.369 e. The highest BCUT2D eigenvalue weighted by Crippen LogP contribution is 2.23. The van der Waals surface area contributed by atoms with E-state index >= 15 is 0 Å². The minimum atomic E-state index is -0.284. The molecule has 0 saturated heterocycles. The zero-order valence-corrected chi connectivity index (χ0v) is 17.8. The summed E-state index contributed by atoms with van der Waals surface area (Å²) in [6, 6.07) is 4.79. The van der Waals surface area contributed by atoms with Crippen molar-refractivity contribution < 1.29 is 4.79 Å². The number of nitrogens with one attached hydrogen (secondary N) is 2. The first-order chi connectivity index (χ1) is 13.5. The highest BCUT2D eigenvalue weighted by atomic mass is 35.5. The summed E-state index contributed by atoms with van der Waals surface area (Å²) in [5, 5.41) is 12.9. The number of nitrogens with zero attached hydrogens (tertiary/aromatic N) is 4. The van der Waals surface area contributed by atoms with Crippen LogP contribution in [0.2, 0.25) is 10.0 Å². The molecule has 0 aliphatic heterocycles. The van der Waals surface area contributed by atoms with Crippen LogP contribution in [-0.4, -0.2) is 45.0 Å². The Morgan fingerprint density at radius 3 is 2.82 bits per heavy atom. The SMILES string of the molecule is CCCNc1nc(SC)nc2c1cnn2CCNC(=O)c1cc(Cl)ccc1Cl. The van der Waals surface area contributed by atoms with Gasteiger partial charge in [-0.25, -0.2) is 14.6 Å². The van der Waals surface area contributed by atoms with Crippen LogP contribution in [0.1, 0.15) is 23.7 Å². The lowest BCUT2D eigenvalue weighted by atomic mass is 10.2. The van der Waals surface area contributed by atoms with E-state index in [1.807, 2.05) is 6.26 Å². The van der Waals surface area contributed by atoms with Crippen LogP contribution in [-0.2, 0) is 6.54 Å². The van der Waals surface area contributed by atoms with Gasteiger partial charge in [-0.2, -0.15) is 5.10 Å². The number of hydrogen-bond acceptors (Lipinski definition) is 6. The van der Waals surface area contributed by atoms with Crippen molar-refractivity contribution in [1.82, 2.24) is 25.1 Å². The van der Waals surface area contributed by atoms with Gasteiger partial charge in [-0.3, -0.25) is 4.79 Å². The molecule has 10 heteroatoms. The molecule has 0 spiro atoms. The van der Waals surface area contributed by atoms with Gasteiger partial charge in [0.25, 0.3) is 5.91 Å². The number of amides is 1. The summed E-state index contributed by atoms with van der Waals surface area (Å²) >= 11 is 13.5. The van der Waals surface area contributed by atoms with Gasteiger partial charge in [0.15, 0.2) is 10.8 Å². The van der Waals surface area contributed by atoms with Crippen LogP contribution in [0.5, 0.6) is 0 Å². The predicted octanol–water partition coefficient (Wildman–Crippen LogP) is 4.11. The van der Waals surface area contributed by atoms with Gasteiger partial charge in [0.1, 0.15) is 5.82 Å². The lowest BCUT2D eigenvalue weighted by Crippen LogP contribution is -2.27. The molecular weight excluding hydrogens is 419 g/mol. The van der Waals surface area contributed by atoms with Crippen LogP contribution in [0.4, 0.5) is 5.82 Å². The van der Waals surface area contributed by atoms with E-state index in [-0.39, 0.29) is 5.91 Å². The molecule has 7 nitrogen and oxygen atoms in total. The summed E-state index contributed by atoms with van der Waals surface area (Å²) in [5.41, 5.74) is 1.07. The lowest BCUT2D eigenvalue weighted by Gasteiger charge is -2.09. The van der Waals surface area contributed by atoms with E-state index in [9.17, 15) is 4.79 Å². The number of aromatic nitrogens is 4. The van der Waals surface area contributed by atoms with E-state index in [0.717, 1.165) is 29.8 Å². The fourth-order valence-corrected chi connectivity index (χ4v) is 3.35. The van der Waals surface area contributed by atoms with Gasteiger partial charge < -0.3 is 10.6 Å². The molecule has 2 heterocycles. The summed E-state index contributed by atoms with van der Waals surface area (Å²) in [6.07, 6.45) is 4.67. The Kier molecular flexibility index (Phi) is 6.98. The fourth-order valence-electron chi connectivity index (χ4n) is 2.61. The van der Waals surface area contributed by atoms with Crippen molar-refractivity contribution in [3.63, 3.8) is 0 Å². The second-order valence-corrected chi connectivity index (χ2v) is 7.59. The highest BCUT2D eigenvalue weighted by Gasteiger charge is 2.14. The lowest BCUT2D eigenvalue weighted by molar-refractivity contribution is 0.0952. The van der Waals surface area contributed by atoms with Crippen molar-refractivity contribution in [2.45, 2.75) is 25.0 Å². The molecule has 0 bridgehead atoms. The zero-order valence-electron chi connectivity index (χ0n) is 15.5. The van der Waals surface area contributed by atoms with Crippen LogP contribution >= 0.6 is 35.0 Å². The van der Waals surface area contributed by atoms with Gasteiger partial charge in [-0.05, 0) is 30.9 Å². The Morgan fingerprint density at radius 2 is 2.07 bits per heavy atom. The van der Waals surface area contributed by atoms with Crippen molar-refractivity contribution >= 4 is 57.7 Å². The third-order valence-electron chi connectivity index (χ3n) is 3.98. The maximum Gasteiger partial charge on any atom is 0.252 e. The average Bonchev–Trinajstić information content (AvgIpc) is 3.10. The maximum atomic E-state index is 12.4. The standard InChI is InChI=1S/C18H20Cl2N6OS/c1-3-6-21-15-13-10-23-26(16(13)25-18(24-15)28-2)8-7-22-17(27)12-9-11(19)4-5-14(12)20/h4-5,9-10H,3,6-8H2,1-2H3,(H,22,27)(H,21,24,25). The second-order valence-electron chi connectivity index (χ2n) is 5.97. The van der Waals surface area contributed by atoms with Gasteiger partial charge in [0.05, 0.1) is 28.7 Å². The van der Waals surface area contributed by atoms with Crippen molar-refractivity contribution in [1.29, 1.82) is 0 Å². The molecule has 3 aromatic rings. The molecule has 2 N–H and O–H groups in total. The zero-order chi connectivity index (χ0) is 20.1. The van der Waals surface area contributed by atoms with Gasteiger partial charge in [0, 0.05) is 18.1 Å². The third kappa shape index (κ3) is 4.68. The molecule has 0 atom stereocenters. The fraction of sp³-hybridized carbons (Fsp3) is 0.333. The Labute approximate surface area is 177 Å². The molecule has 0 radical (unpaired) electrons. The van der Waals surface area contributed by atoms with E-state index in [4.69, 9.17) is 23.2 Å². The molecule has 1 aromatic carbocycles. The number of anilines is 1. The molecule has 0 unspecified atom stereocenters. The maximum absolute atomic E-state index is 12.4. The second kappa shape index (κ2) is 9.45. The van der Waals surface area contributed by atoms with E-state index in [1.165, 1.54) is 11.8 Å². The molecule has 0 saturated carbocycles. The van der Waals surface area contributed by atoms with Gasteiger partial charge in [0.2, 0.25) is 0 Å². The number of carbonyl (C=O) groups is 1. The predicted molar refractivity (Wildman–Crippen MR) is 115 cm³/mol. The smallest absolute Gasteiger partial charge is 0.252 e. The van der Waals surface area contributed by atoms with Crippen LogP contribution < -0.4 is 10.6 Å². The molecule has 28 heavy (non-hydrogen) atoms. The number of thioether (sulfide) groups is 1. The number of benzene rings is 1. The summed E-state index contributed by atoms with van der Waals surface area (Å²) in [6.45, 7) is 3.75. The van der Waals surface area contributed by atoms with Gasteiger partial charge in [-0.15, -0.1) is 0 Å². The number of halogens is 2. The monoisotopic (exact) mass is 438 g/mol. The summed E-state index contributed by atoms with van der Waals surface area (Å²) in [7, 11) is 0. The Morgan fingerprint density at radius 1 is 1.25 bits per heavy atom. The quantitative estimate of drug-likeness (QED) is 0.406. The summed E-state index contributed by atoms with van der Waals surface area (Å²) < 4.78 is 1.76. The van der Waals surface area contributed by atoms with E-state index < -0.39 is 0 Å². The highest BCUT2D eigenvalue weighted by molar-refractivity contribution is 7.98. The Balaban J connectivity index is 1.74. The summed E-state index contributed by atoms with van der Waals surface area (Å²) in [5.74, 6) is 0.492. The molecule has 0 fully saturated rings. The molecule has 1 amide bonds. The van der Waals surface area contributed by atoms with Crippen molar-refractivity contribution in [3.05, 3.63) is 40.0 Å². The van der Waals surface area contributed by atoms with Gasteiger partial charge in [-0.1, -0.05) is 41.9 Å². The van der Waals surface area contributed by atoms with E-state index in [2.05, 4.69) is 32.6 Å². The number of fused-ring (bicyclic) bond motifs is 1. The molecule has 148 valence electrons. The van der Waals surface area contributed by atoms with Crippen LogP contribution in [0, 0.1) is 0 Å². The molecular formula is C18H20Cl2N6OS. The molecule has 0 aliphatic rings. The van der Waals surface area contributed by atoms with E-state index in [1.54, 1.807) is 29.1 Å². The Hall–Kier alpha value is -2.03. The van der Waals surface area contributed by atoms with Crippen molar-refractivity contribution in [3.8, 4) is 0 Å².